The highest BCUT2D eigenvalue weighted by molar-refractivity contribution is 7.92. The number of anilines is 1. The van der Waals surface area contributed by atoms with Crippen LogP contribution in [0.5, 0.6) is 0 Å². The van der Waals surface area contributed by atoms with Gasteiger partial charge in [0.2, 0.25) is 0 Å². The average Bonchev–Trinajstić information content (AvgIpc) is 2.77. The van der Waals surface area contributed by atoms with Crippen LogP contribution in [-0.4, -0.2) is 24.2 Å². The van der Waals surface area contributed by atoms with Crippen molar-refractivity contribution in [3.8, 4) is 0 Å². The molecule has 0 fully saturated rings. The molecule has 1 heterocycles. The lowest BCUT2D eigenvalue weighted by Crippen LogP contribution is -2.13. The van der Waals surface area contributed by atoms with Crippen LogP contribution in [0.1, 0.15) is 23.1 Å². The lowest BCUT2D eigenvalue weighted by atomic mass is 10.1. The van der Waals surface area contributed by atoms with E-state index in [4.69, 9.17) is 0 Å². The maximum absolute atomic E-state index is 12.0. The molecule has 2 rings (SSSR count). The molecule has 0 bridgehead atoms. The third-order valence-electron chi connectivity index (χ3n) is 2.51. The van der Waals surface area contributed by atoms with Crippen LogP contribution in [0.15, 0.2) is 35.5 Å². The Bertz CT molecular complexity index is 702. The minimum Gasteiger partial charge on any atom is -0.332 e. The number of hydrogen-bond acceptors (Lipinski definition) is 4. The van der Waals surface area contributed by atoms with Gasteiger partial charge in [-0.3, -0.25) is 9.52 Å². The van der Waals surface area contributed by atoms with Crippen molar-refractivity contribution in [1.82, 2.24) is 9.97 Å². The molecule has 0 saturated heterocycles. The van der Waals surface area contributed by atoms with E-state index in [2.05, 4.69) is 14.7 Å². The summed E-state index contributed by atoms with van der Waals surface area (Å²) in [6.07, 6.45) is 1.25. The number of aromatic amines is 1. The second-order valence-electron chi connectivity index (χ2n) is 4.07. The molecular weight excluding hydrogens is 266 g/mol. The monoisotopic (exact) mass is 279 g/mol. The van der Waals surface area contributed by atoms with Crippen molar-refractivity contribution in [3.05, 3.63) is 41.9 Å². The summed E-state index contributed by atoms with van der Waals surface area (Å²) in [5.41, 5.74) is 0.914. The van der Waals surface area contributed by atoms with Crippen molar-refractivity contribution in [2.45, 2.75) is 18.9 Å². The first kappa shape index (κ1) is 13.3. The van der Waals surface area contributed by atoms with E-state index in [1.54, 1.807) is 19.1 Å². The topological polar surface area (TPSA) is 91.9 Å². The van der Waals surface area contributed by atoms with Gasteiger partial charge in [0, 0.05) is 11.3 Å². The number of carbonyl (C=O) groups excluding carboxylic acids is 1. The molecule has 7 heteroatoms. The van der Waals surface area contributed by atoms with Crippen LogP contribution in [0.3, 0.4) is 0 Å². The minimum atomic E-state index is -3.68. The molecule has 19 heavy (non-hydrogen) atoms. The molecule has 100 valence electrons. The molecule has 0 aliphatic rings. The van der Waals surface area contributed by atoms with Crippen LogP contribution in [0.4, 0.5) is 5.69 Å². The molecule has 0 radical (unpaired) electrons. The van der Waals surface area contributed by atoms with Crippen molar-refractivity contribution in [2.75, 3.05) is 4.72 Å². The number of H-pyrrole nitrogens is 1. The molecule has 1 aromatic carbocycles. The molecule has 0 aliphatic carbocycles. The van der Waals surface area contributed by atoms with E-state index < -0.39 is 10.0 Å². The quantitative estimate of drug-likeness (QED) is 0.833. The third kappa shape index (κ3) is 3.00. The predicted molar refractivity (Wildman–Crippen MR) is 70.6 cm³/mol. The van der Waals surface area contributed by atoms with Gasteiger partial charge in [-0.1, -0.05) is 0 Å². The van der Waals surface area contributed by atoms with E-state index >= 15 is 0 Å². The van der Waals surface area contributed by atoms with Crippen molar-refractivity contribution in [2.24, 2.45) is 0 Å². The van der Waals surface area contributed by atoms with Crippen LogP contribution in [0.25, 0.3) is 0 Å². The summed E-state index contributed by atoms with van der Waals surface area (Å²) in [6.45, 7) is 3.12. The summed E-state index contributed by atoms with van der Waals surface area (Å²) in [6, 6.07) is 6.21. The molecule has 2 N–H and O–H groups in total. The summed E-state index contributed by atoms with van der Waals surface area (Å²) >= 11 is 0. The second-order valence-corrected chi connectivity index (χ2v) is 5.72. The van der Waals surface area contributed by atoms with Gasteiger partial charge < -0.3 is 4.98 Å². The number of sulfonamides is 1. The summed E-state index contributed by atoms with van der Waals surface area (Å²) in [5.74, 6) is 0.450. The number of carbonyl (C=O) groups is 1. The number of nitrogens with one attached hydrogen (secondary N) is 2. The Morgan fingerprint density at radius 2 is 1.89 bits per heavy atom. The molecule has 0 unspecified atom stereocenters. The number of hydrogen-bond donors (Lipinski definition) is 2. The summed E-state index contributed by atoms with van der Waals surface area (Å²) in [4.78, 5) is 17.6. The Morgan fingerprint density at radius 3 is 2.37 bits per heavy atom. The summed E-state index contributed by atoms with van der Waals surface area (Å²) < 4.78 is 26.4. The Balaban J connectivity index is 2.23. The maximum Gasteiger partial charge on any atom is 0.278 e. The molecule has 0 aliphatic heterocycles. The molecule has 2 aromatic rings. The third-order valence-corrected chi connectivity index (χ3v) is 3.80. The fourth-order valence-electron chi connectivity index (χ4n) is 1.52. The highest BCUT2D eigenvalue weighted by Crippen LogP contribution is 2.15. The molecule has 0 atom stereocenters. The van der Waals surface area contributed by atoms with Crippen LogP contribution >= 0.6 is 0 Å². The maximum atomic E-state index is 12.0. The van der Waals surface area contributed by atoms with Crippen LogP contribution < -0.4 is 4.72 Å². The van der Waals surface area contributed by atoms with E-state index in [0.717, 1.165) is 0 Å². The predicted octanol–water partition coefficient (Wildman–Crippen LogP) is 1.72. The van der Waals surface area contributed by atoms with E-state index in [1.165, 1.54) is 25.3 Å². The number of aromatic nitrogens is 2. The van der Waals surface area contributed by atoms with E-state index in [1.807, 2.05) is 0 Å². The second kappa shape index (κ2) is 4.85. The Hall–Kier alpha value is -2.15. The van der Waals surface area contributed by atoms with Crippen LogP contribution in [0.2, 0.25) is 0 Å². The number of ketones is 1. The average molecular weight is 279 g/mol. The number of imidazole rings is 1. The normalized spacial score (nSPS) is 11.3. The molecule has 1 aromatic heterocycles. The van der Waals surface area contributed by atoms with E-state index in [-0.39, 0.29) is 10.8 Å². The van der Waals surface area contributed by atoms with Gasteiger partial charge in [0.25, 0.3) is 10.0 Å². The molecule has 0 amide bonds. The zero-order chi connectivity index (χ0) is 14.0. The Kier molecular flexibility index (Phi) is 3.39. The number of rotatable bonds is 4. The molecule has 6 nitrogen and oxygen atoms in total. The number of nitrogens with zero attached hydrogens (tertiary/aromatic N) is 1. The van der Waals surface area contributed by atoms with Gasteiger partial charge >= 0.3 is 0 Å². The highest BCUT2D eigenvalue weighted by Gasteiger charge is 2.16. The van der Waals surface area contributed by atoms with Crippen LogP contribution in [-0.2, 0) is 10.0 Å². The first-order valence-electron chi connectivity index (χ1n) is 5.54. The SMILES string of the molecule is CC(=O)c1ccc(NS(=O)(=O)c2cnc(C)[nH]2)cc1. The Morgan fingerprint density at radius 1 is 1.26 bits per heavy atom. The highest BCUT2D eigenvalue weighted by atomic mass is 32.2. The van der Waals surface area contributed by atoms with Gasteiger partial charge in [0.15, 0.2) is 10.8 Å². The number of benzene rings is 1. The zero-order valence-electron chi connectivity index (χ0n) is 10.5. The van der Waals surface area contributed by atoms with Gasteiger partial charge in [0.1, 0.15) is 5.82 Å². The summed E-state index contributed by atoms with van der Waals surface area (Å²) in [7, 11) is -3.68. The van der Waals surface area contributed by atoms with Crippen molar-refractivity contribution < 1.29 is 13.2 Å². The number of aryl methyl sites for hydroxylation is 1. The fraction of sp³-hybridized carbons (Fsp3) is 0.167. The zero-order valence-corrected chi connectivity index (χ0v) is 11.3. The molecule has 0 saturated carbocycles. The fourth-order valence-corrected chi connectivity index (χ4v) is 2.55. The van der Waals surface area contributed by atoms with Gasteiger partial charge in [0.05, 0.1) is 6.20 Å². The van der Waals surface area contributed by atoms with Crippen LogP contribution in [0, 0.1) is 6.92 Å². The number of Topliss-reactive ketones (excluding diaryl/α,β-unsaturated/α-hetero) is 1. The lowest BCUT2D eigenvalue weighted by molar-refractivity contribution is 0.101. The van der Waals surface area contributed by atoms with Gasteiger partial charge in [-0.05, 0) is 38.1 Å². The standard InChI is InChI=1S/C12H13N3O3S/c1-8(16)10-3-5-11(6-4-10)15-19(17,18)12-7-13-9(2)14-12/h3-7,15H,1-2H3,(H,13,14). The first-order valence-corrected chi connectivity index (χ1v) is 7.02. The van der Waals surface area contributed by atoms with Gasteiger partial charge in [-0.2, -0.15) is 8.42 Å². The van der Waals surface area contributed by atoms with Gasteiger partial charge in [-0.15, -0.1) is 0 Å². The van der Waals surface area contributed by atoms with E-state index in [9.17, 15) is 13.2 Å². The van der Waals surface area contributed by atoms with E-state index in [0.29, 0.717) is 17.1 Å². The Labute approximate surface area is 110 Å². The van der Waals surface area contributed by atoms with Crippen molar-refractivity contribution in [3.63, 3.8) is 0 Å². The smallest absolute Gasteiger partial charge is 0.278 e. The largest absolute Gasteiger partial charge is 0.332 e. The summed E-state index contributed by atoms with van der Waals surface area (Å²) in [5, 5.41) is 0.000597. The lowest BCUT2D eigenvalue weighted by Gasteiger charge is -2.06. The molecule has 0 spiro atoms. The van der Waals surface area contributed by atoms with Crippen molar-refractivity contribution >= 4 is 21.5 Å². The first-order chi connectivity index (χ1) is 8.88. The van der Waals surface area contributed by atoms with Gasteiger partial charge in [-0.25, -0.2) is 4.98 Å². The molecular formula is C12H13N3O3S. The van der Waals surface area contributed by atoms with Crippen molar-refractivity contribution in [1.29, 1.82) is 0 Å². The minimum absolute atomic E-state index is 0.000597.